The Hall–Kier alpha value is -0.680. The van der Waals surface area contributed by atoms with Crippen molar-refractivity contribution in [2.24, 2.45) is 34.0 Å². The van der Waals surface area contributed by atoms with E-state index in [0.29, 0.717) is 26.2 Å². The summed E-state index contributed by atoms with van der Waals surface area (Å²) in [6.07, 6.45) is -7.40. The van der Waals surface area contributed by atoms with Crippen LogP contribution in [-0.2, 0) is 0 Å². The van der Waals surface area contributed by atoms with Gasteiger partial charge in [-0.05, 0) is 74.0 Å². The van der Waals surface area contributed by atoms with E-state index >= 15 is 0 Å². The molecule has 0 heterocycles. The minimum atomic E-state index is -5.31. The molecule has 0 saturated heterocycles. The molecular formula is C23H38F6. The van der Waals surface area contributed by atoms with Gasteiger partial charge in [0.15, 0.2) is 5.41 Å². The van der Waals surface area contributed by atoms with Gasteiger partial charge in [0, 0.05) is 0 Å². The molecule has 172 valence electrons. The Balaban J connectivity index is 2.95. The molecule has 0 aromatic heterocycles. The lowest BCUT2D eigenvalue weighted by Gasteiger charge is -2.47. The van der Waals surface area contributed by atoms with Crippen molar-refractivity contribution in [2.75, 3.05) is 0 Å². The van der Waals surface area contributed by atoms with Crippen molar-refractivity contribution in [3.8, 4) is 0 Å². The zero-order valence-corrected chi connectivity index (χ0v) is 18.9. The Morgan fingerprint density at radius 3 is 1.72 bits per heavy atom. The van der Waals surface area contributed by atoms with Crippen LogP contribution in [-0.4, -0.2) is 12.4 Å². The van der Waals surface area contributed by atoms with Crippen molar-refractivity contribution in [3.63, 3.8) is 0 Å². The second-order valence-electron chi connectivity index (χ2n) is 10.9. The first-order chi connectivity index (χ1) is 12.8. The first kappa shape index (κ1) is 26.4. The third-order valence-corrected chi connectivity index (χ3v) is 7.29. The summed E-state index contributed by atoms with van der Waals surface area (Å²) in [4.78, 5) is 0. The maximum Gasteiger partial charge on any atom is 0.403 e. The van der Waals surface area contributed by atoms with Crippen LogP contribution in [0, 0.1) is 34.0 Å². The molecule has 1 aliphatic rings. The van der Waals surface area contributed by atoms with Gasteiger partial charge in [0.25, 0.3) is 0 Å². The molecule has 1 rings (SSSR count). The minimum Gasteiger partial charge on any atom is -0.170 e. The van der Waals surface area contributed by atoms with E-state index in [1.807, 2.05) is 0 Å². The van der Waals surface area contributed by atoms with Crippen LogP contribution in [0.3, 0.4) is 0 Å². The highest BCUT2D eigenvalue weighted by Gasteiger charge is 2.71. The summed E-state index contributed by atoms with van der Waals surface area (Å²) >= 11 is 0. The van der Waals surface area contributed by atoms with Crippen LogP contribution in [0.25, 0.3) is 0 Å². The van der Waals surface area contributed by atoms with Crippen LogP contribution < -0.4 is 0 Å². The van der Waals surface area contributed by atoms with Gasteiger partial charge in [-0.3, -0.25) is 0 Å². The molecule has 0 radical (unpaired) electrons. The molecule has 0 nitrogen and oxygen atoms in total. The molecule has 0 aliphatic heterocycles. The summed E-state index contributed by atoms with van der Waals surface area (Å²) in [5.74, 6) is -2.00. The molecule has 6 heteroatoms. The first-order valence-electron chi connectivity index (χ1n) is 10.6. The molecule has 1 fully saturated rings. The van der Waals surface area contributed by atoms with Gasteiger partial charge in [0.05, 0.1) is 0 Å². The van der Waals surface area contributed by atoms with Crippen LogP contribution >= 0.6 is 0 Å². The molecule has 29 heavy (non-hydrogen) atoms. The highest BCUT2D eigenvalue weighted by molar-refractivity contribution is 5.11. The number of hydrogen-bond acceptors (Lipinski definition) is 0. The van der Waals surface area contributed by atoms with Crippen molar-refractivity contribution in [2.45, 2.75) is 99.3 Å². The number of halogens is 6. The highest BCUT2D eigenvalue weighted by atomic mass is 19.4. The molecule has 0 aromatic rings. The predicted octanol–water partition coefficient (Wildman–Crippen LogP) is 8.97. The Morgan fingerprint density at radius 1 is 0.897 bits per heavy atom. The molecule has 0 aromatic carbocycles. The van der Waals surface area contributed by atoms with Crippen molar-refractivity contribution < 1.29 is 26.3 Å². The van der Waals surface area contributed by atoms with Gasteiger partial charge in [0.1, 0.15) is 0 Å². The largest absolute Gasteiger partial charge is 0.403 e. The Morgan fingerprint density at radius 2 is 1.38 bits per heavy atom. The van der Waals surface area contributed by atoms with Crippen molar-refractivity contribution >= 4 is 0 Å². The lowest BCUT2D eigenvalue weighted by molar-refractivity contribution is -0.358. The summed E-state index contributed by atoms with van der Waals surface area (Å²) in [6, 6.07) is 0. The average molecular weight is 429 g/mol. The third kappa shape index (κ3) is 5.72. The summed E-state index contributed by atoms with van der Waals surface area (Å²) < 4.78 is 80.9. The fraction of sp³-hybridized carbons (Fsp3) is 0.913. The number of rotatable bonds is 6. The standard InChI is InChI=1S/C23H38F6/c1-9-20(7,14-19(4,5)6)16(3)13-17-10-11-18(15(2)12-17)21(8,22(24,25)26)23(27,28)29/h15,17-18H,3,9-14H2,1-2,4-8H3. The molecule has 4 unspecified atom stereocenters. The smallest absolute Gasteiger partial charge is 0.170 e. The van der Waals surface area contributed by atoms with Crippen LogP contribution in [0.4, 0.5) is 26.3 Å². The second kappa shape index (κ2) is 8.45. The monoisotopic (exact) mass is 428 g/mol. The summed E-state index contributed by atoms with van der Waals surface area (Å²) in [6.45, 7) is 16.9. The van der Waals surface area contributed by atoms with Crippen molar-refractivity contribution in [3.05, 3.63) is 12.2 Å². The fourth-order valence-electron chi connectivity index (χ4n) is 5.40. The third-order valence-electron chi connectivity index (χ3n) is 7.29. The van der Waals surface area contributed by atoms with Crippen molar-refractivity contribution in [1.82, 2.24) is 0 Å². The van der Waals surface area contributed by atoms with Gasteiger partial charge < -0.3 is 0 Å². The Labute approximate surface area is 172 Å². The van der Waals surface area contributed by atoms with Gasteiger partial charge in [-0.15, -0.1) is 0 Å². The second-order valence-corrected chi connectivity index (χ2v) is 10.9. The molecule has 0 amide bonds. The maximum absolute atomic E-state index is 13.5. The molecular weight excluding hydrogens is 390 g/mol. The van der Waals surface area contributed by atoms with Gasteiger partial charge >= 0.3 is 12.4 Å². The molecule has 1 saturated carbocycles. The number of alkyl halides is 6. The average Bonchev–Trinajstić information content (AvgIpc) is 2.50. The quantitative estimate of drug-likeness (QED) is 0.292. The van der Waals surface area contributed by atoms with Gasteiger partial charge in [-0.25, -0.2) is 0 Å². The predicted molar refractivity (Wildman–Crippen MR) is 106 cm³/mol. The summed E-state index contributed by atoms with van der Waals surface area (Å²) in [5, 5.41) is 0. The number of allylic oxidation sites excluding steroid dienone is 1. The molecule has 4 atom stereocenters. The van der Waals surface area contributed by atoms with Crippen LogP contribution in [0.5, 0.6) is 0 Å². The van der Waals surface area contributed by atoms with E-state index in [1.54, 1.807) is 6.92 Å². The van der Waals surface area contributed by atoms with Crippen molar-refractivity contribution in [1.29, 1.82) is 0 Å². The zero-order chi connectivity index (χ0) is 23.1. The molecule has 0 N–H and O–H groups in total. The Kier molecular flexibility index (Phi) is 7.68. The van der Waals surface area contributed by atoms with E-state index < -0.39 is 29.6 Å². The SMILES string of the molecule is C=C(CC1CCC(C(C)(C(F)(F)F)C(F)(F)F)C(C)C1)C(C)(CC)CC(C)(C)C. The summed E-state index contributed by atoms with van der Waals surface area (Å²) in [5.41, 5.74) is -2.56. The van der Waals surface area contributed by atoms with Gasteiger partial charge in [0.2, 0.25) is 0 Å². The van der Waals surface area contributed by atoms with E-state index in [0.717, 1.165) is 18.4 Å². The topological polar surface area (TPSA) is 0 Å². The minimum absolute atomic E-state index is 0.0588. The van der Waals surface area contributed by atoms with E-state index in [2.05, 4.69) is 41.2 Å². The van der Waals surface area contributed by atoms with E-state index in [4.69, 9.17) is 0 Å². The van der Waals surface area contributed by atoms with Crippen LogP contribution in [0.1, 0.15) is 87.0 Å². The summed E-state index contributed by atoms with van der Waals surface area (Å²) in [7, 11) is 0. The Bertz CT molecular complexity index is 551. The van der Waals surface area contributed by atoms with E-state index in [9.17, 15) is 26.3 Å². The molecule has 0 bridgehead atoms. The first-order valence-corrected chi connectivity index (χ1v) is 10.6. The van der Waals surface area contributed by atoms with E-state index in [-0.39, 0.29) is 23.2 Å². The normalized spacial score (nSPS) is 26.9. The molecule has 1 aliphatic carbocycles. The zero-order valence-electron chi connectivity index (χ0n) is 18.9. The van der Waals surface area contributed by atoms with Gasteiger partial charge in [-0.2, -0.15) is 26.3 Å². The lowest BCUT2D eigenvalue weighted by atomic mass is 9.60. The van der Waals surface area contributed by atoms with Gasteiger partial charge in [-0.1, -0.05) is 53.7 Å². The maximum atomic E-state index is 13.5. The van der Waals surface area contributed by atoms with Crippen LogP contribution in [0.15, 0.2) is 12.2 Å². The number of hydrogen-bond donors (Lipinski definition) is 0. The lowest BCUT2D eigenvalue weighted by Crippen LogP contribution is -2.55. The highest BCUT2D eigenvalue weighted by Crippen LogP contribution is 2.60. The van der Waals surface area contributed by atoms with Crippen LogP contribution in [0.2, 0.25) is 0 Å². The molecule has 0 spiro atoms. The van der Waals surface area contributed by atoms with E-state index in [1.165, 1.54) is 0 Å². The fourth-order valence-corrected chi connectivity index (χ4v) is 5.40.